The van der Waals surface area contributed by atoms with Crippen molar-refractivity contribution in [2.24, 2.45) is 0 Å². The van der Waals surface area contributed by atoms with E-state index in [-0.39, 0.29) is 23.5 Å². The van der Waals surface area contributed by atoms with Gasteiger partial charge in [-0.3, -0.25) is 4.79 Å². The first kappa shape index (κ1) is 19.4. The van der Waals surface area contributed by atoms with Crippen LogP contribution in [0.1, 0.15) is 49.5 Å². The zero-order chi connectivity index (χ0) is 20.2. The molecule has 0 aliphatic carbocycles. The van der Waals surface area contributed by atoms with Crippen LogP contribution in [0.2, 0.25) is 0 Å². The summed E-state index contributed by atoms with van der Waals surface area (Å²) in [6.07, 6.45) is 5.69. The number of rotatable bonds is 6. The molecule has 152 valence electrons. The summed E-state index contributed by atoms with van der Waals surface area (Å²) in [4.78, 5) is 19.3. The Labute approximate surface area is 169 Å². The van der Waals surface area contributed by atoms with E-state index in [1.54, 1.807) is 24.4 Å². The van der Waals surface area contributed by atoms with E-state index >= 15 is 0 Å². The van der Waals surface area contributed by atoms with Crippen molar-refractivity contribution < 1.29 is 13.9 Å². The van der Waals surface area contributed by atoms with Gasteiger partial charge in [-0.15, -0.1) is 0 Å². The molecule has 6 nitrogen and oxygen atoms in total. The molecule has 0 unspecified atom stereocenters. The van der Waals surface area contributed by atoms with Crippen LogP contribution in [0.5, 0.6) is 5.75 Å². The van der Waals surface area contributed by atoms with E-state index < -0.39 is 0 Å². The number of aromatic nitrogens is 3. The number of carbonyl (C=O) groups excluding carboxylic acids is 1. The number of para-hydroxylation sites is 1. The highest BCUT2D eigenvalue weighted by atomic mass is 19.1. The number of hydrogen-bond acceptors (Lipinski definition) is 4. The van der Waals surface area contributed by atoms with Gasteiger partial charge in [-0.05, 0) is 50.8 Å². The normalized spacial score (nSPS) is 16.9. The van der Waals surface area contributed by atoms with Crippen LogP contribution in [0.3, 0.4) is 0 Å². The van der Waals surface area contributed by atoms with Crippen molar-refractivity contribution in [3.8, 4) is 5.75 Å². The van der Waals surface area contributed by atoms with Crippen LogP contribution in [-0.4, -0.2) is 38.6 Å². The zero-order valence-corrected chi connectivity index (χ0v) is 16.6. The van der Waals surface area contributed by atoms with Gasteiger partial charge in [0.15, 0.2) is 17.2 Å². The maximum Gasteiger partial charge on any atom is 0.223 e. The number of halogens is 1. The number of fused-ring (bicyclic) bond motifs is 1. The van der Waals surface area contributed by atoms with E-state index in [9.17, 15) is 9.18 Å². The molecule has 1 saturated heterocycles. The third-order valence-corrected chi connectivity index (χ3v) is 5.30. The predicted octanol–water partition coefficient (Wildman–Crippen LogP) is 4.09. The lowest BCUT2D eigenvalue weighted by atomic mass is 9.98. The summed E-state index contributed by atoms with van der Waals surface area (Å²) in [7, 11) is 0. The Balaban J connectivity index is 1.42. The average Bonchev–Trinajstić information content (AvgIpc) is 3.12. The van der Waals surface area contributed by atoms with E-state index in [2.05, 4.69) is 10.1 Å². The quantitative estimate of drug-likeness (QED) is 0.589. The second-order valence-corrected chi connectivity index (χ2v) is 7.41. The fourth-order valence-electron chi connectivity index (χ4n) is 3.93. The molecule has 4 rings (SSSR count). The lowest BCUT2D eigenvalue weighted by Crippen LogP contribution is -2.39. The second-order valence-electron chi connectivity index (χ2n) is 7.41. The molecule has 1 amide bonds. The Morgan fingerprint density at radius 2 is 2.14 bits per heavy atom. The average molecular weight is 396 g/mol. The third-order valence-electron chi connectivity index (χ3n) is 5.30. The first-order valence-corrected chi connectivity index (χ1v) is 10.1. The highest BCUT2D eigenvalue weighted by Crippen LogP contribution is 2.31. The number of piperidine rings is 1. The van der Waals surface area contributed by atoms with E-state index in [1.807, 2.05) is 28.5 Å². The molecular formula is C22H25FN4O2. The number of benzene rings is 1. The maximum absolute atomic E-state index is 13.6. The molecule has 1 atom stereocenters. The summed E-state index contributed by atoms with van der Waals surface area (Å²) in [6.45, 7) is 2.99. The van der Waals surface area contributed by atoms with Crippen LogP contribution in [-0.2, 0) is 4.79 Å². The van der Waals surface area contributed by atoms with Gasteiger partial charge in [0.25, 0.3) is 0 Å². The van der Waals surface area contributed by atoms with Crippen molar-refractivity contribution in [2.45, 2.75) is 45.1 Å². The summed E-state index contributed by atoms with van der Waals surface area (Å²) in [5.41, 5.74) is 2.71. The molecule has 0 saturated carbocycles. The fourth-order valence-corrected chi connectivity index (χ4v) is 3.93. The van der Waals surface area contributed by atoms with E-state index in [0.29, 0.717) is 19.4 Å². The smallest absolute Gasteiger partial charge is 0.223 e. The lowest BCUT2D eigenvalue weighted by molar-refractivity contribution is -0.135. The minimum atomic E-state index is -0.383. The van der Waals surface area contributed by atoms with Gasteiger partial charge in [0.2, 0.25) is 5.91 Å². The van der Waals surface area contributed by atoms with Crippen molar-refractivity contribution in [1.29, 1.82) is 0 Å². The first-order chi connectivity index (χ1) is 14.1. The Morgan fingerprint density at radius 3 is 3.00 bits per heavy atom. The van der Waals surface area contributed by atoms with Crippen LogP contribution in [0.15, 0.2) is 42.6 Å². The molecule has 3 aromatic rings. The monoisotopic (exact) mass is 396 g/mol. The van der Waals surface area contributed by atoms with Gasteiger partial charge in [0.1, 0.15) is 0 Å². The molecule has 1 fully saturated rings. The zero-order valence-electron chi connectivity index (χ0n) is 16.6. The molecule has 7 heteroatoms. The first-order valence-electron chi connectivity index (χ1n) is 10.1. The van der Waals surface area contributed by atoms with Crippen LogP contribution in [0.4, 0.5) is 4.39 Å². The van der Waals surface area contributed by atoms with Crippen LogP contribution >= 0.6 is 0 Å². The summed E-state index contributed by atoms with van der Waals surface area (Å²) in [5.74, 6) is -0.0594. The van der Waals surface area contributed by atoms with Crippen LogP contribution in [0.25, 0.3) is 5.65 Å². The molecule has 29 heavy (non-hydrogen) atoms. The Morgan fingerprint density at radius 1 is 1.28 bits per heavy atom. The summed E-state index contributed by atoms with van der Waals surface area (Å²) < 4.78 is 21.0. The highest BCUT2D eigenvalue weighted by molar-refractivity contribution is 5.76. The van der Waals surface area contributed by atoms with Crippen molar-refractivity contribution in [3.05, 3.63) is 59.8 Å². The lowest BCUT2D eigenvalue weighted by Gasteiger charge is -2.36. The van der Waals surface area contributed by atoms with Crippen molar-refractivity contribution in [3.63, 3.8) is 0 Å². The highest BCUT2D eigenvalue weighted by Gasteiger charge is 2.29. The van der Waals surface area contributed by atoms with Crippen LogP contribution < -0.4 is 4.74 Å². The van der Waals surface area contributed by atoms with Gasteiger partial charge in [-0.1, -0.05) is 12.1 Å². The molecule has 0 spiro atoms. The molecule has 1 aromatic carbocycles. The molecule has 3 heterocycles. The molecule has 2 aromatic heterocycles. The molecule has 0 N–H and O–H groups in total. The third kappa shape index (κ3) is 4.23. The van der Waals surface area contributed by atoms with E-state index in [4.69, 9.17) is 4.74 Å². The van der Waals surface area contributed by atoms with Gasteiger partial charge < -0.3 is 9.64 Å². The van der Waals surface area contributed by atoms with E-state index in [1.165, 1.54) is 6.07 Å². The number of ether oxygens (including phenoxy) is 1. The second kappa shape index (κ2) is 8.59. The van der Waals surface area contributed by atoms with Gasteiger partial charge in [0.05, 0.1) is 24.0 Å². The van der Waals surface area contributed by atoms with Gasteiger partial charge in [-0.2, -0.15) is 5.10 Å². The maximum atomic E-state index is 13.6. The Kier molecular flexibility index (Phi) is 5.74. The van der Waals surface area contributed by atoms with Gasteiger partial charge >= 0.3 is 0 Å². The number of likely N-dealkylation sites (tertiary alicyclic amines) is 1. The fraction of sp³-hybridized carbons (Fsp3) is 0.409. The molecule has 0 bridgehead atoms. The number of amides is 1. The minimum Gasteiger partial charge on any atom is -0.491 e. The van der Waals surface area contributed by atoms with Gasteiger partial charge in [-0.25, -0.2) is 13.9 Å². The SMILES string of the molecule is Cc1cc2nccc([C@H]3CCCCN3C(=O)CCCOc3ccccc3F)n2n1. The molecular weight excluding hydrogens is 371 g/mol. The van der Waals surface area contributed by atoms with Crippen molar-refractivity contribution in [2.75, 3.05) is 13.2 Å². The Hall–Kier alpha value is -2.96. The molecule has 0 radical (unpaired) electrons. The summed E-state index contributed by atoms with van der Waals surface area (Å²) >= 11 is 0. The van der Waals surface area contributed by atoms with E-state index in [0.717, 1.165) is 42.8 Å². The summed E-state index contributed by atoms with van der Waals surface area (Å²) in [5, 5.41) is 4.56. The number of nitrogens with zero attached hydrogens (tertiary/aromatic N) is 4. The predicted molar refractivity (Wildman–Crippen MR) is 107 cm³/mol. The number of hydrogen-bond donors (Lipinski definition) is 0. The van der Waals surface area contributed by atoms with Crippen molar-refractivity contribution in [1.82, 2.24) is 19.5 Å². The Bertz CT molecular complexity index is 1000. The van der Waals surface area contributed by atoms with Crippen LogP contribution in [0, 0.1) is 12.7 Å². The molecule has 1 aliphatic rings. The molecule has 1 aliphatic heterocycles. The van der Waals surface area contributed by atoms with Gasteiger partial charge in [0, 0.05) is 25.2 Å². The number of carbonyl (C=O) groups is 1. The van der Waals surface area contributed by atoms with Crippen molar-refractivity contribution >= 4 is 11.6 Å². The summed E-state index contributed by atoms with van der Waals surface area (Å²) in [6, 6.07) is 10.2. The number of aryl methyl sites for hydroxylation is 1. The largest absolute Gasteiger partial charge is 0.491 e. The minimum absolute atomic E-state index is 0.00599. The topological polar surface area (TPSA) is 59.7 Å². The standard InChI is InChI=1S/C22H25FN4O2/c1-16-15-21-24-12-11-19(27(21)25-16)18-8-4-5-13-26(18)22(28)10-6-14-29-20-9-3-2-7-17(20)23/h2-3,7,9,11-12,15,18H,4-6,8,10,13-14H2,1H3/t18-/m1/s1.